The third-order valence-electron chi connectivity index (χ3n) is 6.50. The number of hydrogen-bond donors (Lipinski definition) is 3. The lowest BCUT2D eigenvalue weighted by atomic mass is 9.68. The second-order valence-electron chi connectivity index (χ2n) is 7.99. The Kier molecular flexibility index (Phi) is 4.87. The number of phenolic OH excluding ortho intramolecular Hbond substituents is 2. The largest absolute Gasteiger partial charge is 0.508 e. The zero-order valence-corrected chi connectivity index (χ0v) is 20.2. The molecule has 0 aromatic heterocycles. The number of carboxylic acids is 1. The summed E-state index contributed by atoms with van der Waals surface area (Å²) in [6.45, 7) is 0. The van der Waals surface area contributed by atoms with E-state index < -0.39 is 37.8 Å². The number of hydrogen-bond acceptors (Lipinski definition) is 4. The predicted octanol–water partition coefficient (Wildman–Crippen LogP) is 6.50. The number of carboxylic acid groups (broad SMARTS) is 1. The van der Waals surface area contributed by atoms with Gasteiger partial charge >= 0.3 is 5.97 Å². The van der Waals surface area contributed by atoms with Gasteiger partial charge in [0.15, 0.2) is 4.33 Å². The summed E-state index contributed by atoms with van der Waals surface area (Å²) in [5.41, 5.74) is 1.02. The first-order valence-electron chi connectivity index (χ1n) is 9.25. The summed E-state index contributed by atoms with van der Waals surface area (Å²) in [4.78, 5) is 8.70. The van der Waals surface area contributed by atoms with Crippen LogP contribution in [0.25, 0.3) is 0 Å². The lowest BCUT2D eigenvalue weighted by Crippen LogP contribution is -2.45. The molecule has 5 rings (SSSR count). The molecule has 5 nitrogen and oxygen atoms in total. The van der Waals surface area contributed by atoms with Gasteiger partial charge in [0.2, 0.25) is 0 Å². The molecule has 1 fully saturated rings. The summed E-state index contributed by atoms with van der Waals surface area (Å²) in [5, 5.41) is 29.9. The summed E-state index contributed by atoms with van der Waals surface area (Å²) in [5.74, 6) is -4.30. The molecule has 0 saturated heterocycles. The summed E-state index contributed by atoms with van der Waals surface area (Å²) < 4.78 is 3.81. The van der Waals surface area contributed by atoms with Crippen LogP contribution in [0.2, 0.25) is 0 Å². The smallest absolute Gasteiger partial charge is 0.309 e. The molecule has 4 atom stereocenters. The van der Waals surface area contributed by atoms with Gasteiger partial charge in [-0.05, 0) is 12.1 Å². The second kappa shape index (κ2) is 6.91. The standard InChI is InChI=1S/C21H12Cl6O5/c22-16-17(23)20(25)15(18(30)31)14(19(16,24)21(20,26)27)13-9-3-1-7(28)5-11(9)32-12-6-8(29)2-4-10(12)13/h1-6,13-15,28-29H,(H,30,31)/t14-,15+,19+,20+/m0/s1. The van der Waals surface area contributed by atoms with E-state index in [1.54, 1.807) is 12.1 Å². The van der Waals surface area contributed by atoms with Crippen molar-refractivity contribution in [1.29, 1.82) is 0 Å². The number of alkyl halides is 4. The summed E-state index contributed by atoms with van der Waals surface area (Å²) >= 11 is 40.1. The highest BCUT2D eigenvalue weighted by Gasteiger charge is 2.85. The third kappa shape index (κ3) is 2.47. The number of aromatic hydroxyl groups is 2. The molecule has 0 unspecified atom stereocenters. The maximum atomic E-state index is 12.6. The lowest BCUT2D eigenvalue weighted by molar-refractivity contribution is -0.144. The van der Waals surface area contributed by atoms with E-state index >= 15 is 0 Å². The molecular weight excluding hydrogens is 545 g/mol. The monoisotopic (exact) mass is 554 g/mol. The summed E-state index contributed by atoms with van der Waals surface area (Å²) in [6.07, 6.45) is 0. The molecule has 11 heteroatoms. The van der Waals surface area contributed by atoms with Crippen molar-refractivity contribution in [3.8, 4) is 23.0 Å². The van der Waals surface area contributed by atoms with E-state index in [4.69, 9.17) is 74.3 Å². The van der Waals surface area contributed by atoms with Crippen molar-refractivity contribution in [3.63, 3.8) is 0 Å². The molecule has 3 aliphatic rings. The highest BCUT2D eigenvalue weighted by molar-refractivity contribution is 6.66. The number of benzene rings is 2. The average Bonchev–Trinajstić information content (AvgIpc) is 2.92. The molecule has 2 bridgehead atoms. The van der Waals surface area contributed by atoms with E-state index in [1.165, 1.54) is 24.3 Å². The van der Waals surface area contributed by atoms with Crippen LogP contribution in [0, 0.1) is 11.8 Å². The minimum Gasteiger partial charge on any atom is -0.508 e. The van der Waals surface area contributed by atoms with E-state index in [1.807, 2.05) is 0 Å². The lowest BCUT2D eigenvalue weighted by Gasteiger charge is -2.42. The molecule has 1 saturated carbocycles. The van der Waals surface area contributed by atoms with Crippen LogP contribution in [0.5, 0.6) is 23.0 Å². The van der Waals surface area contributed by atoms with E-state index in [-0.39, 0.29) is 33.1 Å². The van der Waals surface area contributed by atoms with Crippen LogP contribution in [-0.4, -0.2) is 35.4 Å². The summed E-state index contributed by atoms with van der Waals surface area (Å²) in [7, 11) is 0. The first-order valence-corrected chi connectivity index (χ1v) is 11.5. The highest BCUT2D eigenvalue weighted by Crippen LogP contribution is 2.79. The zero-order chi connectivity index (χ0) is 23.4. The molecule has 168 valence electrons. The van der Waals surface area contributed by atoms with Crippen molar-refractivity contribution >= 4 is 75.6 Å². The Labute approximate surface area is 212 Å². The van der Waals surface area contributed by atoms with Gasteiger partial charge in [-0.25, -0.2) is 0 Å². The van der Waals surface area contributed by atoms with Gasteiger partial charge in [0.1, 0.15) is 32.7 Å². The average molecular weight is 557 g/mol. The van der Waals surface area contributed by atoms with Crippen LogP contribution < -0.4 is 4.74 Å². The van der Waals surface area contributed by atoms with E-state index in [9.17, 15) is 20.1 Å². The van der Waals surface area contributed by atoms with Crippen molar-refractivity contribution in [2.24, 2.45) is 11.8 Å². The van der Waals surface area contributed by atoms with Crippen molar-refractivity contribution in [3.05, 3.63) is 57.6 Å². The molecule has 3 N–H and O–H groups in total. The number of phenols is 2. The molecule has 2 aromatic rings. The highest BCUT2D eigenvalue weighted by atomic mass is 35.5. The zero-order valence-electron chi connectivity index (χ0n) is 15.6. The van der Waals surface area contributed by atoms with Gasteiger partial charge in [0, 0.05) is 35.1 Å². The van der Waals surface area contributed by atoms with Crippen LogP contribution in [0.4, 0.5) is 0 Å². The number of fused-ring (bicyclic) bond motifs is 4. The van der Waals surface area contributed by atoms with Gasteiger partial charge < -0.3 is 20.1 Å². The molecule has 0 spiro atoms. The quantitative estimate of drug-likeness (QED) is 0.368. The number of ether oxygens (including phenoxy) is 1. The Morgan fingerprint density at radius 3 is 1.78 bits per heavy atom. The van der Waals surface area contributed by atoms with Crippen molar-refractivity contribution in [2.75, 3.05) is 0 Å². The van der Waals surface area contributed by atoms with Crippen LogP contribution >= 0.6 is 69.6 Å². The molecule has 1 aliphatic heterocycles. The molecule has 2 aromatic carbocycles. The fourth-order valence-corrected chi connectivity index (χ4v) is 8.18. The maximum absolute atomic E-state index is 12.6. The normalized spacial score (nSPS) is 32.4. The topological polar surface area (TPSA) is 87.0 Å². The summed E-state index contributed by atoms with van der Waals surface area (Å²) in [6, 6.07) is 8.77. The second-order valence-corrected chi connectivity index (χ2v) is 11.3. The number of rotatable bonds is 2. The first-order chi connectivity index (χ1) is 14.9. The van der Waals surface area contributed by atoms with Gasteiger partial charge in [0.05, 0.1) is 16.0 Å². The van der Waals surface area contributed by atoms with Crippen LogP contribution in [0.3, 0.4) is 0 Å². The SMILES string of the molecule is O=C(O)[C@H]1[C@H](C2c3ccc(O)cc3Oc3cc(O)ccc32)[C@@]2(Cl)C(Cl)=C(Cl)[C@@]1(Cl)C2(Cl)Cl. The molecule has 1 heterocycles. The number of allylic oxidation sites excluding steroid dienone is 2. The fraction of sp³-hybridized carbons (Fsp3) is 0.286. The molecule has 0 radical (unpaired) electrons. The minimum absolute atomic E-state index is 0.0757. The van der Waals surface area contributed by atoms with Crippen LogP contribution in [-0.2, 0) is 4.79 Å². The van der Waals surface area contributed by atoms with Gasteiger partial charge in [-0.1, -0.05) is 58.5 Å². The molecular formula is C21H12Cl6O5. The Morgan fingerprint density at radius 2 is 1.31 bits per heavy atom. The van der Waals surface area contributed by atoms with Crippen LogP contribution in [0.15, 0.2) is 46.5 Å². The molecule has 2 aliphatic carbocycles. The van der Waals surface area contributed by atoms with E-state index in [0.29, 0.717) is 11.1 Å². The predicted molar refractivity (Wildman–Crippen MR) is 123 cm³/mol. The Hall–Kier alpha value is -1.21. The fourth-order valence-electron chi connectivity index (χ4n) is 5.18. The Bertz CT molecular complexity index is 1180. The molecule has 0 amide bonds. The molecule has 32 heavy (non-hydrogen) atoms. The first kappa shape index (κ1) is 22.6. The minimum atomic E-state index is -2.07. The third-order valence-corrected chi connectivity index (χ3v) is 10.8. The van der Waals surface area contributed by atoms with E-state index in [2.05, 4.69) is 0 Å². The van der Waals surface area contributed by atoms with Gasteiger partial charge in [-0.3, -0.25) is 4.79 Å². The van der Waals surface area contributed by atoms with Gasteiger partial charge in [-0.2, -0.15) is 0 Å². The Balaban J connectivity index is 1.85. The van der Waals surface area contributed by atoms with E-state index in [0.717, 1.165) is 0 Å². The van der Waals surface area contributed by atoms with Gasteiger partial charge in [-0.15, -0.1) is 23.2 Å². The number of carbonyl (C=O) groups is 1. The maximum Gasteiger partial charge on any atom is 0.309 e. The van der Waals surface area contributed by atoms with Gasteiger partial charge in [0.25, 0.3) is 0 Å². The number of aliphatic carboxylic acids is 1. The number of halogens is 6. The Morgan fingerprint density at radius 1 is 0.844 bits per heavy atom. The van der Waals surface area contributed by atoms with Crippen molar-refractivity contribution in [2.45, 2.75) is 20.0 Å². The van der Waals surface area contributed by atoms with Crippen LogP contribution in [0.1, 0.15) is 17.0 Å². The van der Waals surface area contributed by atoms with Crippen molar-refractivity contribution in [1.82, 2.24) is 0 Å². The van der Waals surface area contributed by atoms with Crippen molar-refractivity contribution < 1.29 is 24.9 Å².